The van der Waals surface area contributed by atoms with Crippen LogP contribution in [0.5, 0.6) is 0 Å². The summed E-state index contributed by atoms with van der Waals surface area (Å²) < 4.78 is 7.26. The minimum Gasteiger partial charge on any atom is -0.377 e. The Labute approximate surface area is 113 Å². The van der Waals surface area contributed by atoms with E-state index >= 15 is 0 Å². The number of likely N-dealkylation sites (tertiary alicyclic amines) is 1. The summed E-state index contributed by atoms with van der Waals surface area (Å²) in [7, 11) is 1.81. The number of amides is 1. The Morgan fingerprint density at radius 3 is 3.11 bits per heavy atom. The van der Waals surface area contributed by atoms with Gasteiger partial charge in [0.05, 0.1) is 12.3 Å². The van der Waals surface area contributed by atoms with E-state index in [-0.39, 0.29) is 12.0 Å². The van der Waals surface area contributed by atoms with Gasteiger partial charge in [-0.2, -0.15) is 5.10 Å². The lowest BCUT2D eigenvalue weighted by atomic mass is 10.1. The Balaban J connectivity index is 1.98. The third-order valence-corrected chi connectivity index (χ3v) is 3.44. The van der Waals surface area contributed by atoms with Crippen molar-refractivity contribution in [2.45, 2.75) is 31.9 Å². The number of hydrogen-bond acceptors (Lipinski definition) is 4. The Bertz CT molecular complexity index is 430. The van der Waals surface area contributed by atoms with Crippen LogP contribution in [0.4, 0.5) is 0 Å². The Morgan fingerprint density at radius 2 is 2.47 bits per heavy atom. The molecule has 0 aliphatic carbocycles. The van der Waals surface area contributed by atoms with Crippen molar-refractivity contribution < 1.29 is 9.53 Å². The maximum Gasteiger partial charge on any atom is 0.244 e. The van der Waals surface area contributed by atoms with E-state index < -0.39 is 6.04 Å². The maximum absolute atomic E-state index is 12.4. The average molecular weight is 266 g/mol. The van der Waals surface area contributed by atoms with Gasteiger partial charge >= 0.3 is 0 Å². The van der Waals surface area contributed by atoms with Crippen LogP contribution in [0.1, 0.15) is 31.4 Å². The van der Waals surface area contributed by atoms with E-state index in [4.69, 9.17) is 10.5 Å². The predicted molar refractivity (Wildman–Crippen MR) is 71.4 cm³/mol. The van der Waals surface area contributed by atoms with Crippen LogP contribution in [0.2, 0.25) is 0 Å². The molecule has 6 heteroatoms. The summed E-state index contributed by atoms with van der Waals surface area (Å²) >= 11 is 0. The van der Waals surface area contributed by atoms with Gasteiger partial charge in [0, 0.05) is 38.5 Å². The third-order valence-electron chi connectivity index (χ3n) is 3.44. The van der Waals surface area contributed by atoms with Crippen molar-refractivity contribution >= 4 is 5.91 Å². The number of nitrogens with zero attached hydrogens (tertiary/aromatic N) is 3. The Kier molecular flexibility index (Phi) is 4.55. The minimum atomic E-state index is -0.630. The molecule has 1 aliphatic rings. The first-order chi connectivity index (χ1) is 9.11. The second-order valence-electron chi connectivity index (χ2n) is 4.93. The zero-order chi connectivity index (χ0) is 13.8. The molecular weight excluding hydrogens is 244 g/mol. The van der Waals surface area contributed by atoms with Crippen molar-refractivity contribution in [2.24, 2.45) is 12.8 Å². The molecule has 0 spiro atoms. The summed E-state index contributed by atoms with van der Waals surface area (Å²) in [5.41, 5.74) is 6.77. The highest BCUT2D eigenvalue weighted by atomic mass is 16.5. The molecule has 2 heterocycles. The van der Waals surface area contributed by atoms with Crippen LogP contribution in [-0.2, 0) is 16.6 Å². The number of carbonyl (C=O) groups excluding carboxylic acids is 1. The molecule has 0 radical (unpaired) electrons. The lowest BCUT2D eigenvalue weighted by Crippen LogP contribution is -2.46. The van der Waals surface area contributed by atoms with Crippen LogP contribution in [0.25, 0.3) is 0 Å². The summed E-state index contributed by atoms with van der Waals surface area (Å²) in [6, 6.07) is -0.630. The summed E-state index contributed by atoms with van der Waals surface area (Å²) in [6.45, 7) is 4.06. The van der Waals surface area contributed by atoms with Crippen LogP contribution in [0.3, 0.4) is 0 Å². The first kappa shape index (κ1) is 14.0. The van der Waals surface area contributed by atoms with Crippen molar-refractivity contribution in [2.75, 3.05) is 19.7 Å². The smallest absolute Gasteiger partial charge is 0.244 e. The highest BCUT2D eigenvalue weighted by molar-refractivity contribution is 5.83. The number of rotatable bonds is 4. The van der Waals surface area contributed by atoms with Gasteiger partial charge in [0.15, 0.2) is 0 Å². The van der Waals surface area contributed by atoms with Crippen LogP contribution >= 0.6 is 0 Å². The molecule has 0 aromatic carbocycles. The number of ether oxygens (including phenoxy) is 1. The zero-order valence-corrected chi connectivity index (χ0v) is 11.6. The lowest BCUT2D eigenvalue weighted by molar-refractivity contribution is -0.136. The van der Waals surface area contributed by atoms with E-state index in [0.29, 0.717) is 13.2 Å². The van der Waals surface area contributed by atoms with E-state index in [1.165, 1.54) is 0 Å². The van der Waals surface area contributed by atoms with Gasteiger partial charge < -0.3 is 15.4 Å². The Morgan fingerprint density at radius 1 is 1.68 bits per heavy atom. The lowest BCUT2D eigenvalue weighted by Gasteiger charge is -2.33. The first-order valence-corrected chi connectivity index (χ1v) is 6.76. The standard InChI is InChI=1S/C13H22N4O2/c1-3-19-11-5-4-6-17(9-11)13(18)12(14)10-7-15-16(2)8-10/h7-8,11-12H,3-6,9,14H2,1-2H3. The molecule has 0 bridgehead atoms. The molecule has 6 nitrogen and oxygen atoms in total. The molecular formula is C13H22N4O2. The van der Waals surface area contributed by atoms with Crippen molar-refractivity contribution in [3.63, 3.8) is 0 Å². The molecule has 2 atom stereocenters. The molecule has 1 fully saturated rings. The second-order valence-corrected chi connectivity index (χ2v) is 4.93. The normalized spacial score (nSPS) is 21.4. The van der Waals surface area contributed by atoms with Crippen LogP contribution in [0.15, 0.2) is 12.4 Å². The van der Waals surface area contributed by atoms with Crippen LogP contribution < -0.4 is 5.73 Å². The number of hydrogen-bond donors (Lipinski definition) is 1. The van der Waals surface area contributed by atoms with E-state index in [1.54, 1.807) is 17.1 Å². The number of carbonyl (C=O) groups is 1. The van der Waals surface area contributed by atoms with Crippen molar-refractivity contribution in [1.29, 1.82) is 0 Å². The van der Waals surface area contributed by atoms with Gasteiger partial charge in [-0.25, -0.2) is 0 Å². The maximum atomic E-state index is 12.4. The van der Waals surface area contributed by atoms with Gasteiger partial charge in [0.1, 0.15) is 6.04 Å². The molecule has 2 N–H and O–H groups in total. The largest absolute Gasteiger partial charge is 0.377 e. The van der Waals surface area contributed by atoms with E-state index in [0.717, 1.165) is 24.9 Å². The van der Waals surface area contributed by atoms with Gasteiger partial charge in [-0.05, 0) is 19.8 Å². The molecule has 2 rings (SSSR count). The Hall–Kier alpha value is -1.40. The van der Waals surface area contributed by atoms with Crippen molar-refractivity contribution in [3.05, 3.63) is 18.0 Å². The average Bonchev–Trinajstić information content (AvgIpc) is 2.84. The predicted octanol–water partition coefficient (Wildman–Crippen LogP) is 0.447. The zero-order valence-electron chi connectivity index (χ0n) is 11.6. The molecule has 0 saturated carbocycles. The highest BCUT2D eigenvalue weighted by Crippen LogP contribution is 2.18. The van der Waals surface area contributed by atoms with Gasteiger partial charge in [-0.3, -0.25) is 9.48 Å². The first-order valence-electron chi connectivity index (χ1n) is 6.76. The quantitative estimate of drug-likeness (QED) is 0.858. The fraction of sp³-hybridized carbons (Fsp3) is 0.692. The second kappa shape index (κ2) is 6.16. The fourth-order valence-electron chi connectivity index (χ4n) is 2.45. The van der Waals surface area contributed by atoms with Crippen molar-refractivity contribution in [3.8, 4) is 0 Å². The number of nitrogens with two attached hydrogens (primary N) is 1. The summed E-state index contributed by atoms with van der Waals surface area (Å²) in [5.74, 6) is -0.0441. The summed E-state index contributed by atoms with van der Waals surface area (Å²) in [5, 5.41) is 4.05. The molecule has 1 aromatic rings. The molecule has 1 amide bonds. The molecule has 106 valence electrons. The highest BCUT2D eigenvalue weighted by Gasteiger charge is 2.28. The monoisotopic (exact) mass is 266 g/mol. The molecule has 1 aromatic heterocycles. The number of aromatic nitrogens is 2. The molecule has 2 unspecified atom stereocenters. The van der Waals surface area contributed by atoms with Crippen molar-refractivity contribution in [1.82, 2.24) is 14.7 Å². The molecule has 1 saturated heterocycles. The number of aryl methyl sites for hydroxylation is 1. The summed E-state index contributed by atoms with van der Waals surface area (Å²) in [6.07, 6.45) is 5.55. The van der Waals surface area contributed by atoms with E-state index in [9.17, 15) is 4.79 Å². The number of piperidine rings is 1. The summed E-state index contributed by atoms with van der Waals surface area (Å²) in [4.78, 5) is 14.2. The van der Waals surface area contributed by atoms with Gasteiger partial charge in [-0.15, -0.1) is 0 Å². The van der Waals surface area contributed by atoms with E-state index in [2.05, 4.69) is 5.10 Å². The molecule has 19 heavy (non-hydrogen) atoms. The SMILES string of the molecule is CCOC1CCCN(C(=O)C(N)c2cnn(C)c2)C1. The topological polar surface area (TPSA) is 73.4 Å². The fourth-order valence-corrected chi connectivity index (χ4v) is 2.45. The van der Waals surface area contributed by atoms with E-state index in [1.807, 2.05) is 18.9 Å². The van der Waals surface area contributed by atoms with Gasteiger partial charge in [-0.1, -0.05) is 0 Å². The minimum absolute atomic E-state index is 0.0441. The third kappa shape index (κ3) is 3.33. The van der Waals surface area contributed by atoms with Crippen LogP contribution in [0, 0.1) is 0 Å². The molecule has 1 aliphatic heterocycles. The van der Waals surface area contributed by atoms with Crippen LogP contribution in [-0.4, -0.2) is 46.4 Å². The van der Waals surface area contributed by atoms with Gasteiger partial charge in [0.2, 0.25) is 5.91 Å². The van der Waals surface area contributed by atoms with Gasteiger partial charge in [0.25, 0.3) is 0 Å².